The minimum Gasteiger partial charge on any atom is -0.487 e. The minimum atomic E-state index is 0.350. The number of rotatable bonds is 5. The molecule has 112 valence electrons. The van der Waals surface area contributed by atoms with E-state index in [9.17, 15) is 0 Å². The van der Waals surface area contributed by atoms with Crippen molar-refractivity contribution in [2.45, 2.75) is 33.3 Å². The fourth-order valence-electron chi connectivity index (χ4n) is 2.07. The largest absolute Gasteiger partial charge is 0.487 e. The quantitative estimate of drug-likeness (QED) is 0.647. The Hall–Kier alpha value is -1.78. The van der Waals surface area contributed by atoms with Gasteiger partial charge in [-0.25, -0.2) is 0 Å². The number of benzene rings is 1. The highest BCUT2D eigenvalue weighted by atomic mass is 35.5. The fourth-order valence-corrected chi connectivity index (χ4v) is 2.50. The number of aryl methyl sites for hydroxylation is 1. The molecule has 1 heterocycles. The Balaban J connectivity index is 2.17. The molecule has 0 aliphatic rings. The van der Waals surface area contributed by atoms with Gasteiger partial charge < -0.3 is 10.2 Å². The summed E-state index contributed by atoms with van der Waals surface area (Å²) in [5, 5.41) is 0.780. The van der Waals surface area contributed by atoms with Gasteiger partial charge in [-0.15, -0.1) is 0 Å². The summed E-state index contributed by atoms with van der Waals surface area (Å²) in [6, 6.07) is 7.60. The summed E-state index contributed by atoms with van der Waals surface area (Å²) in [5.74, 6) is 6.57. The lowest BCUT2D eigenvalue weighted by Crippen LogP contribution is -2.08. The van der Waals surface area contributed by atoms with Crippen LogP contribution in [0.15, 0.2) is 30.5 Å². The van der Waals surface area contributed by atoms with Crippen LogP contribution in [0.1, 0.15) is 36.6 Å². The molecule has 4 nitrogen and oxygen atoms in total. The summed E-state index contributed by atoms with van der Waals surface area (Å²) in [6.07, 6.45) is 1.70. The number of anilines is 1. The number of hydrogen-bond donors (Lipinski definition) is 2. The lowest BCUT2D eigenvalue weighted by molar-refractivity contribution is 0.299. The van der Waals surface area contributed by atoms with E-state index >= 15 is 0 Å². The molecule has 0 bridgehead atoms. The number of aromatic nitrogens is 1. The summed E-state index contributed by atoms with van der Waals surface area (Å²) in [7, 11) is 0. The monoisotopic (exact) mass is 305 g/mol. The van der Waals surface area contributed by atoms with Gasteiger partial charge in [-0.05, 0) is 48.2 Å². The maximum Gasteiger partial charge on any atom is 0.130 e. The summed E-state index contributed by atoms with van der Waals surface area (Å²) >= 11 is 6.26. The second-order valence-corrected chi connectivity index (χ2v) is 5.67. The molecule has 0 radical (unpaired) electrons. The van der Waals surface area contributed by atoms with Crippen LogP contribution in [-0.2, 0) is 6.61 Å². The number of pyridine rings is 1. The predicted octanol–water partition coefficient (Wildman–Crippen LogP) is 4.03. The van der Waals surface area contributed by atoms with Crippen LogP contribution in [-0.4, -0.2) is 4.98 Å². The molecule has 0 aliphatic carbocycles. The van der Waals surface area contributed by atoms with E-state index in [0.717, 1.165) is 33.3 Å². The molecule has 0 atom stereocenters. The van der Waals surface area contributed by atoms with Crippen molar-refractivity contribution < 1.29 is 4.74 Å². The van der Waals surface area contributed by atoms with Crippen molar-refractivity contribution in [3.8, 4) is 5.75 Å². The van der Waals surface area contributed by atoms with Crippen molar-refractivity contribution in [2.24, 2.45) is 5.84 Å². The number of nitrogen functional groups attached to an aromatic ring is 1. The predicted molar refractivity (Wildman–Crippen MR) is 86.7 cm³/mol. The number of nitrogens with two attached hydrogens (primary N) is 1. The molecule has 1 aromatic carbocycles. The van der Waals surface area contributed by atoms with E-state index in [4.69, 9.17) is 22.2 Å². The molecule has 21 heavy (non-hydrogen) atoms. The van der Waals surface area contributed by atoms with Crippen LogP contribution < -0.4 is 16.0 Å². The smallest absolute Gasteiger partial charge is 0.130 e. The van der Waals surface area contributed by atoms with Crippen LogP contribution in [0.5, 0.6) is 5.75 Å². The van der Waals surface area contributed by atoms with E-state index in [1.807, 2.05) is 25.1 Å². The maximum absolute atomic E-state index is 6.26. The Labute approximate surface area is 130 Å². The Bertz CT molecular complexity index is 629. The molecule has 0 saturated carbocycles. The molecule has 2 rings (SSSR count). The van der Waals surface area contributed by atoms with Crippen molar-refractivity contribution in [2.75, 3.05) is 5.43 Å². The standard InChI is InChI=1S/C16H20ClN3O/c1-10(2)14-8-16(11(3)6-15(14)17)21-9-13-7-12(20-18)4-5-19-13/h4-8,10H,9,18H2,1-3H3,(H,19,20). The van der Waals surface area contributed by atoms with Crippen LogP contribution >= 0.6 is 11.6 Å². The van der Waals surface area contributed by atoms with Gasteiger partial charge in [-0.1, -0.05) is 25.4 Å². The van der Waals surface area contributed by atoms with Gasteiger partial charge in [0.25, 0.3) is 0 Å². The number of nitrogens with one attached hydrogen (secondary N) is 1. The first-order valence-corrected chi connectivity index (χ1v) is 7.23. The topological polar surface area (TPSA) is 60.2 Å². The van der Waals surface area contributed by atoms with Gasteiger partial charge in [-0.2, -0.15) is 0 Å². The van der Waals surface area contributed by atoms with Crippen molar-refractivity contribution in [3.63, 3.8) is 0 Å². The van der Waals surface area contributed by atoms with E-state index in [1.54, 1.807) is 12.3 Å². The summed E-state index contributed by atoms with van der Waals surface area (Å²) < 4.78 is 5.88. The van der Waals surface area contributed by atoms with Crippen molar-refractivity contribution >= 4 is 17.3 Å². The van der Waals surface area contributed by atoms with Gasteiger partial charge in [0.1, 0.15) is 12.4 Å². The second-order valence-electron chi connectivity index (χ2n) is 5.26. The zero-order chi connectivity index (χ0) is 15.4. The number of hydrazine groups is 1. The first-order valence-electron chi connectivity index (χ1n) is 6.85. The Morgan fingerprint density at radius 1 is 1.33 bits per heavy atom. The van der Waals surface area contributed by atoms with Crippen molar-refractivity contribution in [3.05, 3.63) is 52.3 Å². The number of nitrogens with zero attached hydrogens (tertiary/aromatic N) is 1. The second kappa shape index (κ2) is 6.78. The molecule has 0 spiro atoms. The number of halogens is 1. The van der Waals surface area contributed by atoms with Gasteiger partial charge in [0.2, 0.25) is 0 Å². The van der Waals surface area contributed by atoms with E-state index in [1.165, 1.54) is 0 Å². The first kappa shape index (κ1) is 15.6. The van der Waals surface area contributed by atoms with Gasteiger partial charge >= 0.3 is 0 Å². The molecule has 0 aliphatic heterocycles. The Kier molecular flexibility index (Phi) is 5.04. The van der Waals surface area contributed by atoms with E-state index in [2.05, 4.69) is 24.3 Å². The maximum atomic E-state index is 6.26. The van der Waals surface area contributed by atoms with E-state index < -0.39 is 0 Å². The van der Waals surface area contributed by atoms with Crippen LogP contribution in [0.2, 0.25) is 5.02 Å². The molecule has 0 saturated heterocycles. The summed E-state index contributed by atoms with van der Waals surface area (Å²) in [4.78, 5) is 4.26. The average molecular weight is 306 g/mol. The van der Waals surface area contributed by atoms with Gasteiger partial charge in [-0.3, -0.25) is 10.8 Å². The third-order valence-corrected chi connectivity index (χ3v) is 3.60. The molecular formula is C16H20ClN3O. The van der Waals surface area contributed by atoms with E-state index in [-0.39, 0.29) is 0 Å². The molecule has 0 amide bonds. The van der Waals surface area contributed by atoms with Crippen LogP contribution in [0.4, 0.5) is 5.69 Å². The highest BCUT2D eigenvalue weighted by Crippen LogP contribution is 2.31. The normalized spacial score (nSPS) is 10.8. The van der Waals surface area contributed by atoms with Crippen molar-refractivity contribution in [1.29, 1.82) is 0 Å². The summed E-state index contributed by atoms with van der Waals surface area (Å²) in [5.41, 5.74) is 6.31. The molecule has 3 N–H and O–H groups in total. The molecule has 1 aromatic heterocycles. The molecular weight excluding hydrogens is 286 g/mol. The van der Waals surface area contributed by atoms with E-state index in [0.29, 0.717) is 12.5 Å². The number of hydrogen-bond acceptors (Lipinski definition) is 4. The molecule has 0 fully saturated rings. The van der Waals surface area contributed by atoms with Gasteiger partial charge in [0.05, 0.1) is 11.4 Å². The highest BCUT2D eigenvalue weighted by Gasteiger charge is 2.10. The lowest BCUT2D eigenvalue weighted by atomic mass is 10.0. The average Bonchev–Trinajstić information content (AvgIpc) is 2.46. The molecule has 5 heteroatoms. The molecule has 2 aromatic rings. The van der Waals surface area contributed by atoms with Crippen LogP contribution in [0, 0.1) is 6.92 Å². The minimum absolute atomic E-state index is 0.350. The SMILES string of the molecule is Cc1cc(Cl)c(C(C)C)cc1OCc1cc(NN)ccn1. The first-order chi connectivity index (χ1) is 10.0. The zero-order valence-electron chi connectivity index (χ0n) is 12.5. The third kappa shape index (κ3) is 3.86. The van der Waals surface area contributed by atoms with Crippen molar-refractivity contribution in [1.82, 2.24) is 4.98 Å². The van der Waals surface area contributed by atoms with Gasteiger partial charge in [0.15, 0.2) is 0 Å². The van der Waals surface area contributed by atoms with Crippen LogP contribution in [0.3, 0.4) is 0 Å². The summed E-state index contributed by atoms with van der Waals surface area (Å²) in [6.45, 7) is 6.59. The Morgan fingerprint density at radius 2 is 2.10 bits per heavy atom. The highest BCUT2D eigenvalue weighted by molar-refractivity contribution is 6.31. The lowest BCUT2D eigenvalue weighted by Gasteiger charge is -2.14. The third-order valence-electron chi connectivity index (χ3n) is 3.28. The number of ether oxygens (including phenoxy) is 1. The Morgan fingerprint density at radius 3 is 2.76 bits per heavy atom. The molecule has 0 unspecified atom stereocenters. The zero-order valence-corrected chi connectivity index (χ0v) is 13.2. The van der Waals surface area contributed by atoms with Gasteiger partial charge in [0, 0.05) is 11.2 Å². The van der Waals surface area contributed by atoms with Crippen LogP contribution in [0.25, 0.3) is 0 Å². The fraction of sp³-hybridized carbons (Fsp3) is 0.312.